The molecule has 0 spiro atoms. The predicted molar refractivity (Wildman–Crippen MR) is 126 cm³/mol. The lowest BCUT2D eigenvalue weighted by Crippen LogP contribution is -2.29. The SMILES string of the molecule is CCc1cc(C2(c3cccc(CC)c3O)c3ccccc3-c3ccccc32)ccc1O. The summed E-state index contributed by atoms with van der Waals surface area (Å²) in [6.45, 7) is 4.12. The summed E-state index contributed by atoms with van der Waals surface area (Å²) in [4.78, 5) is 0. The Hall–Kier alpha value is -3.52. The number of phenols is 2. The summed E-state index contributed by atoms with van der Waals surface area (Å²) in [7, 11) is 0. The van der Waals surface area contributed by atoms with Crippen molar-refractivity contribution in [3.05, 3.63) is 118 Å². The van der Waals surface area contributed by atoms with Gasteiger partial charge >= 0.3 is 0 Å². The van der Waals surface area contributed by atoms with E-state index in [4.69, 9.17) is 0 Å². The molecular weight excluding hydrogens is 380 g/mol. The molecule has 2 heteroatoms. The van der Waals surface area contributed by atoms with Gasteiger partial charge in [-0.2, -0.15) is 0 Å². The van der Waals surface area contributed by atoms with Crippen LogP contribution in [0, 0.1) is 0 Å². The van der Waals surface area contributed by atoms with Gasteiger partial charge in [-0.25, -0.2) is 0 Å². The minimum absolute atomic E-state index is 0.312. The fraction of sp³-hybridized carbons (Fsp3) is 0.172. The molecule has 0 aromatic heterocycles. The van der Waals surface area contributed by atoms with Gasteiger partial charge in [0.15, 0.2) is 0 Å². The summed E-state index contributed by atoms with van der Waals surface area (Å²) in [5.41, 5.74) is 7.83. The molecule has 4 aromatic rings. The summed E-state index contributed by atoms with van der Waals surface area (Å²) < 4.78 is 0. The van der Waals surface area contributed by atoms with Gasteiger partial charge in [0, 0.05) is 5.56 Å². The van der Waals surface area contributed by atoms with E-state index in [9.17, 15) is 10.2 Å². The lowest BCUT2D eigenvalue weighted by Gasteiger charge is -2.35. The van der Waals surface area contributed by atoms with Crippen LogP contribution in [-0.4, -0.2) is 10.2 Å². The van der Waals surface area contributed by atoms with Crippen molar-refractivity contribution in [2.45, 2.75) is 32.1 Å². The van der Waals surface area contributed by atoms with Gasteiger partial charge in [0.25, 0.3) is 0 Å². The Morgan fingerprint density at radius 2 is 1.19 bits per heavy atom. The van der Waals surface area contributed by atoms with E-state index in [2.05, 4.69) is 68.4 Å². The number of aromatic hydroxyl groups is 2. The third-order valence-electron chi connectivity index (χ3n) is 6.75. The van der Waals surface area contributed by atoms with Crippen molar-refractivity contribution >= 4 is 0 Å². The predicted octanol–water partition coefficient (Wildman–Crippen LogP) is 6.59. The first kappa shape index (κ1) is 19.4. The standard InChI is InChI=1S/C29H26O2/c1-3-19-10-9-15-26(28(19)31)29(21-16-17-27(30)20(4-2)18-21)24-13-7-5-11-22(24)23-12-6-8-14-25(23)29/h5-18,30-31H,3-4H2,1-2H3. The van der Waals surface area contributed by atoms with Crippen LogP contribution < -0.4 is 0 Å². The normalized spacial score (nSPS) is 13.6. The molecule has 0 heterocycles. The number of benzene rings is 4. The van der Waals surface area contributed by atoms with Gasteiger partial charge in [-0.1, -0.05) is 92.7 Å². The van der Waals surface area contributed by atoms with Gasteiger partial charge in [-0.15, -0.1) is 0 Å². The molecule has 1 aliphatic carbocycles. The van der Waals surface area contributed by atoms with Crippen molar-refractivity contribution in [1.82, 2.24) is 0 Å². The molecule has 0 unspecified atom stereocenters. The zero-order valence-electron chi connectivity index (χ0n) is 17.9. The Balaban J connectivity index is 1.98. The highest BCUT2D eigenvalue weighted by Gasteiger charge is 2.47. The Bertz CT molecular complexity index is 1240. The first-order chi connectivity index (χ1) is 15.1. The summed E-state index contributed by atoms with van der Waals surface area (Å²) in [6, 6.07) is 28.9. The van der Waals surface area contributed by atoms with E-state index < -0.39 is 5.41 Å². The molecule has 0 atom stereocenters. The maximum absolute atomic E-state index is 11.5. The average Bonchev–Trinajstić information content (AvgIpc) is 3.11. The maximum Gasteiger partial charge on any atom is 0.123 e. The topological polar surface area (TPSA) is 40.5 Å². The van der Waals surface area contributed by atoms with Crippen LogP contribution in [0.1, 0.15) is 47.2 Å². The third-order valence-corrected chi connectivity index (χ3v) is 6.75. The fourth-order valence-corrected chi connectivity index (χ4v) is 5.27. The van der Waals surface area contributed by atoms with Crippen LogP contribution in [0.5, 0.6) is 11.5 Å². The highest BCUT2D eigenvalue weighted by Crippen LogP contribution is 2.58. The highest BCUT2D eigenvalue weighted by molar-refractivity contribution is 5.87. The second kappa shape index (κ2) is 7.31. The number of aryl methyl sites for hydroxylation is 2. The lowest BCUT2D eigenvalue weighted by atomic mass is 9.66. The van der Waals surface area contributed by atoms with Crippen LogP contribution in [0.2, 0.25) is 0 Å². The van der Waals surface area contributed by atoms with Gasteiger partial charge in [-0.3, -0.25) is 0 Å². The molecule has 0 amide bonds. The van der Waals surface area contributed by atoms with Crippen LogP contribution in [0.15, 0.2) is 84.9 Å². The van der Waals surface area contributed by atoms with Crippen LogP contribution in [0.4, 0.5) is 0 Å². The number of fused-ring (bicyclic) bond motifs is 3. The number of hydrogen-bond donors (Lipinski definition) is 2. The third kappa shape index (κ3) is 2.64. The first-order valence-electron chi connectivity index (χ1n) is 11.0. The van der Waals surface area contributed by atoms with Crippen molar-refractivity contribution in [3.63, 3.8) is 0 Å². The summed E-state index contributed by atoms with van der Waals surface area (Å²) >= 11 is 0. The lowest BCUT2D eigenvalue weighted by molar-refractivity contribution is 0.454. The summed E-state index contributed by atoms with van der Waals surface area (Å²) in [5, 5.41) is 21.9. The van der Waals surface area contributed by atoms with Gasteiger partial charge in [0.05, 0.1) is 5.41 Å². The van der Waals surface area contributed by atoms with Gasteiger partial charge in [0.1, 0.15) is 11.5 Å². The van der Waals surface area contributed by atoms with Gasteiger partial charge < -0.3 is 10.2 Å². The molecule has 5 rings (SSSR count). The van der Waals surface area contributed by atoms with Crippen LogP contribution in [0.25, 0.3) is 11.1 Å². The molecular formula is C29H26O2. The van der Waals surface area contributed by atoms with E-state index in [1.807, 2.05) is 24.3 Å². The average molecular weight is 407 g/mol. The number of para-hydroxylation sites is 1. The van der Waals surface area contributed by atoms with Crippen LogP contribution >= 0.6 is 0 Å². The second-order valence-electron chi connectivity index (χ2n) is 8.21. The smallest absolute Gasteiger partial charge is 0.123 e. The second-order valence-corrected chi connectivity index (χ2v) is 8.21. The van der Waals surface area contributed by atoms with Crippen molar-refractivity contribution in [1.29, 1.82) is 0 Å². The molecule has 0 aliphatic heterocycles. The van der Waals surface area contributed by atoms with E-state index in [0.29, 0.717) is 11.5 Å². The van der Waals surface area contributed by atoms with E-state index in [1.165, 1.54) is 11.1 Å². The number of hydrogen-bond acceptors (Lipinski definition) is 2. The molecule has 2 N–H and O–H groups in total. The summed E-state index contributed by atoms with van der Waals surface area (Å²) in [6.07, 6.45) is 1.49. The Kier molecular flexibility index (Phi) is 4.59. The van der Waals surface area contributed by atoms with E-state index in [1.54, 1.807) is 6.07 Å². The monoisotopic (exact) mass is 406 g/mol. The molecule has 2 nitrogen and oxygen atoms in total. The van der Waals surface area contributed by atoms with Gasteiger partial charge in [-0.05, 0) is 57.9 Å². The first-order valence-corrected chi connectivity index (χ1v) is 11.0. The molecule has 0 saturated carbocycles. The van der Waals surface area contributed by atoms with Crippen molar-refractivity contribution in [2.24, 2.45) is 0 Å². The highest BCUT2D eigenvalue weighted by atomic mass is 16.3. The Morgan fingerprint density at radius 3 is 1.81 bits per heavy atom. The quantitative estimate of drug-likeness (QED) is 0.354. The molecule has 4 aromatic carbocycles. The maximum atomic E-state index is 11.5. The zero-order chi connectivity index (χ0) is 21.6. The molecule has 31 heavy (non-hydrogen) atoms. The minimum Gasteiger partial charge on any atom is -0.508 e. The molecule has 154 valence electrons. The largest absolute Gasteiger partial charge is 0.508 e. The summed E-state index contributed by atoms with van der Waals surface area (Å²) in [5.74, 6) is 0.662. The van der Waals surface area contributed by atoms with Crippen LogP contribution in [0.3, 0.4) is 0 Å². The fourth-order valence-electron chi connectivity index (χ4n) is 5.27. The van der Waals surface area contributed by atoms with Crippen molar-refractivity contribution in [2.75, 3.05) is 0 Å². The molecule has 0 fully saturated rings. The van der Waals surface area contributed by atoms with Crippen molar-refractivity contribution < 1.29 is 10.2 Å². The minimum atomic E-state index is -0.653. The Labute approximate surface area is 183 Å². The van der Waals surface area contributed by atoms with Crippen LogP contribution in [-0.2, 0) is 18.3 Å². The molecule has 0 bridgehead atoms. The molecule has 0 saturated heterocycles. The number of phenolic OH excluding ortho intramolecular Hbond substituents is 2. The molecule has 0 radical (unpaired) electrons. The van der Waals surface area contributed by atoms with E-state index in [-0.39, 0.29) is 0 Å². The Morgan fingerprint density at radius 1 is 0.613 bits per heavy atom. The van der Waals surface area contributed by atoms with E-state index in [0.717, 1.165) is 46.2 Å². The van der Waals surface area contributed by atoms with Gasteiger partial charge in [0.2, 0.25) is 0 Å². The van der Waals surface area contributed by atoms with E-state index >= 15 is 0 Å². The molecule has 1 aliphatic rings. The zero-order valence-corrected chi connectivity index (χ0v) is 17.9. The van der Waals surface area contributed by atoms with Crippen molar-refractivity contribution in [3.8, 4) is 22.6 Å². The number of rotatable bonds is 4.